The number of methoxy groups -OCH3 is 2. The number of nitrogens with one attached hydrogen (secondary N) is 2. The van der Waals surface area contributed by atoms with Crippen LogP contribution in [0.3, 0.4) is 0 Å². The number of esters is 1. The Morgan fingerprint density at radius 1 is 1.08 bits per heavy atom. The fourth-order valence-corrected chi connectivity index (χ4v) is 4.13. The maximum Gasteiger partial charge on any atom is 0.407 e. The average Bonchev–Trinajstić information content (AvgIpc) is 2.98. The molecule has 0 aliphatic carbocycles. The Morgan fingerprint density at radius 3 is 2.40 bits per heavy atom. The predicted octanol–water partition coefficient (Wildman–Crippen LogP) is 2.06. The molecule has 1 saturated heterocycles. The van der Waals surface area contributed by atoms with Gasteiger partial charge in [0.15, 0.2) is 0 Å². The molecule has 0 radical (unpaired) electrons. The smallest absolute Gasteiger partial charge is 0.407 e. The van der Waals surface area contributed by atoms with Crippen molar-refractivity contribution in [2.75, 3.05) is 26.6 Å². The molecule has 9 heteroatoms. The van der Waals surface area contributed by atoms with Gasteiger partial charge in [0.2, 0.25) is 0 Å². The van der Waals surface area contributed by atoms with Gasteiger partial charge in [0, 0.05) is 17.4 Å². The van der Waals surface area contributed by atoms with E-state index in [0.717, 1.165) is 25.7 Å². The van der Waals surface area contributed by atoms with E-state index < -0.39 is 12.2 Å². The van der Waals surface area contributed by atoms with Crippen molar-refractivity contribution in [1.82, 2.24) is 10.6 Å². The molecule has 0 aromatic rings. The zero-order valence-corrected chi connectivity index (χ0v) is 15.9. The van der Waals surface area contributed by atoms with Crippen LogP contribution in [0.2, 0.25) is 0 Å². The third-order valence-corrected chi connectivity index (χ3v) is 5.38. The second kappa shape index (κ2) is 11.8. The summed E-state index contributed by atoms with van der Waals surface area (Å²) < 4.78 is 14.3. The van der Waals surface area contributed by atoms with Crippen molar-refractivity contribution in [1.29, 1.82) is 0 Å². The third-order valence-electron chi connectivity index (χ3n) is 3.87. The van der Waals surface area contributed by atoms with Crippen LogP contribution in [0.5, 0.6) is 0 Å². The van der Waals surface area contributed by atoms with Crippen LogP contribution in [0.15, 0.2) is 0 Å². The van der Waals surface area contributed by atoms with Crippen LogP contribution < -0.4 is 10.6 Å². The standard InChI is InChI=1S/C16H28N2O6S/c1-4-9-24-13(19)8-6-5-7-12-14(18-16(21)23-3)11(10-25-12)17-15(20)22-2/h11-12,14H,4-10H2,1-3H3,(H,17,20)(H,18,21)/t11-,12-,14+/m0/s1. The highest BCUT2D eigenvalue weighted by Gasteiger charge is 2.38. The maximum atomic E-state index is 11.6. The number of rotatable bonds is 9. The van der Waals surface area contributed by atoms with Crippen molar-refractivity contribution in [3.8, 4) is 0 Å². The van der Waals surface area contributed by atoms with Crippen molar-refractivity contribution in [3.63, 3.8) is 0 Å². The highest BCUT2D eigenvalue weighted by Crippen LogP contribution is 2.31. The number of alkyl carbamates (subject to hydrolysis) is 2. The molecule has 3 atom stereocenters. The van der Waals surface area contributed by atoms with E-state index >= 15 is 0 Å². The van der Waals surface area contributed by atoms with Gasteiger partial charge in [-0.15, -0.1) is 0 Å². The molecule has 8 nitrogen and oxygen atoms in total. The summed E-state index contributed by atoms with van der Waals surface area (Å²) in [7, 11) is 2.60. The summed E-state index contributed by atoms with van der Waals surface area (Å²) in [6.07, 6.45) is 2.55. The molecule has 0 bridgehead atoms. The first kappa shape index (κ1) is 21.4. The fourth-order valence-electron chi connectivity index (χ4n) is 2.59. The molecule has 0 aromatic carbocycles. The Labute approximate surface area is 152 Å². The zero-order valence-electron chi connectivity index (χ0n) is 15.0. The van der Waals surface area contributed by atoms with Crippen LogP contribution in [0, 0.1) is 0 Å². The largest absolute Gasteiger partial charge is 0.466 e. The van der Waals surface area contributed by atoms with E-state index in [1.54, 1.807) is 11.8 Å². The van der Waals surface area contributed by atoms with Gasteiger partial charge in [-0.3, -0.25) is 4.79 Å². The number of hydrogen-bond donors (Lipinski definition) is 2. The van der Waals surface area contributed by atoms with Gasteiger partial charge in [-0.25, -0.2) is 9.59 Å². The van der Waals surface area contributed by atoms with Gasteiger partial charge in [0.05, 0.1) is 32.9 Å². The van der Waals surface area contributed by atoms with E-state index in [-0.39, 0.29) is 23.3 Å². The number of unbranched alkanes of at least 4 members (excludes halogenated alkanes) is 1. The topological polar surface area (TPSA) is 103 Å². The molecule has 0 saturated carbocycles. The van der Waals surface area contributed by atoms with Crippen molar-refractivity contribution < 1.29 is 28.6 Å². The Bertz CT molecular complexity index is 448. The highest BCUT2D eigenvalue weighted by molar-refractivity contribution is 8.00. The summed E-state index contributed by atoms with van der Waals surface area (Å²) in [6.45, 7) is 2.42. The van der Waals surface area contributed by atoms with Gasteiger partial charge in [-0.2, -0.15) is 11.8 Å². The monoisotopic (exact) mass is 376 g/mol. The summed E-state index contributed by atoms with van der Waals surface area (Å²) >= 11 is 1.68. The molecule has 2 N–H and O–H groups in total. The van der Waals surface area contributed by atoms with E-state index in [4.69, 9.17) is 4.74 Å². The molecule has 2 amide bonds. The summed E-state index contributed by atoms with van der Waals surface area (Å²) in [5, 5.41) is 5.67. The second-order valence-electron chi connectivity index (χ2n) is 5.74. The van der Waals surface area contributed by atoms with E-state index in [9.17, 15) is 14.4 Å². The molecule has 0 aromatic heterocycles. The molecule has 25 heavy (non-hydrogen) atoms. The summed E-state index contributed by atoms with van der Waals surface area (Å²) in [6, 6.07) is -0.473. The van der Waals surface area contributed by atoms with Crippen molar-refractivity contribution in [3.05, 3.63) is 0 Å². The van der Waals surface area contributed by atoms with Crippen LogP contribution >= 0.6 is 11.8 Å². The molecular weight excluding hydrogens is 348 g/mol. The lowest BCUT2D eigenvalue weighted by molar-refractivity contribution is -0.143. The zero-order chi connectivity index (χ0) is 18.7. The summed E-state index contributed by atoms with van der Waals surface area (Å²) in [4.78, 5) is 34.5. The maximum absolute atomic E-state index is 11.6. The van der Waals surface area contributed by atoms with Gasteiger partial charge in [0.25, 0.3) is 0 Å². The SMILES string of the molecule is CCCOC(=O)CCCC[C@@H]1SC[C@H](NC(=O)OC)[C@H]1NC(=O)OC. The van der Waals surface area contributed by atoms with Gasteiger partial charge in [-0.05, 0) is 19.3 Å². The Kier molecular flexibility index (Phi) is 10.1. The average molecular weight is 376 g/mol. The normalized spacial score (nSPS) is 22.1. The summed E-state index contributed by atoms with van der Waals surface area (Å²) in [5.74, 6) is 0.503. The molecule has 1 aliphatic heterocycles. The Morgan fingerprint density at radius 2 is 1.76 bits per heavy atom. The first-order valence-corrected chi connectivity index (χ1v) is 9.52. The molecule has 1 rings (SSSR count). The fraction of sp³-hybridized carbons (Fsp3) is 0.812. The molecule has 0 spiro atoms. The van der Waals surface area contributed by atoms with Gasteiger partial charge < -0.3 is 24.8 Å². The van der Waals surface area contributed by atoms with Crippen LogP contribution in [0.1, 0.15) is 39.0 Å². The minimum atomic E-state index is -0.530. The van der Waals surface area contributed by atoms with Gasteiger partial charge in [-0.1, -0.05) is 13.3 Å². The number of thioether (sulfide) groups is 1. The molecule has 144 valence electrons. The van der Waals surface area contributed by atoms with Crippen LogP contribution in [-0.4, -0.2) is 62.1 Å². The predicted molar refractivity (Wildman–Crippen MR) is 94.6 cm³/mol. The van der Waals surface area contributed by atoms with Crippen molar-refractivity contribution in [2.45, 2.75) is 56.4 Å². The summed E-state index contributed by atoms with van der Waals surface area (Å²) in [5.41, 5.74) is 0. The lowest BCUT2D eigenvalue weighted by Gasteiger charge is -2.24. The van der Waals surface area contributed by atoms with Gasteiger partial charge >= 0.3 is 18.2 Å². The van der Waals surface area contributed by atoms with Crippen LogP contribution in [0.25, 0.3) is 0 Å². The van der Waals surface area contributed by atoms with Crippen LogP contribution in [0.4, 0.5) is 9.59 Å². The van der Waals surface area contributed by atoms with Crippen molar-refractivity contribution >= 4 is 29.9 Å². The Balaban J connectivity index is 2.45. The number of ether oxygens (including phenoxy) is 3. The number of carbonyl (C=O) groups is 3. The van der Waals surface area contributed by atoms with Crippen molar-refractivity contribution in [2.24, 2.45) is 0 Å². The number of hydrogen-bond acceptors (Lipinski definition) is 7. The lowest BCUT2D eigenvalue weighted by atomic mass is 10.0. The highest BCUT2D eigenvalue weighted by atomic mass is 32.2. The first-order valence-electron chi connectivity index (χ1n) is 8.48. The lowest BCUT2D eigenvalue weighted by Crippen LogP contribution is -2.53. The third kappa shape index (κ3) is 7.85. The van der Waals surface area contributed by atoms with E-state index in [1.165, 1.54) is 14.2 Å². The Hall–Kier alpha value is -1.64. The first-order chi connectivity index (χ1) is 12.0. The molecular formula is C16H28N2O6S. The van der Waals surface area contributed by atoms with E-state index in [0.29, 0.717) is 18.8 Å². The van der Waals surface area contributed by atoms with Crippen LogP contribution in [-0.2, 0) is 19.0 Å². The second-order valence-corrected chi connectivity index (χ2v) is 7.01. The van der Waals surface area contributed by atoms with E-state index in [1.807, 2.05) is 6.92 Å². The number of amides is 2. The van der Waals surface area contributed by atoms with Gasteiger partial charge in [0.1, 0.15) is 0 Å². The van der Waals surface area contributed by atoms with E-state index in [2.05, 4.69) is 20.1 Å². The molecule has 0 unspecified atom stereocenters. The molecule has 1 aliphatic rings. The quantitative estimate of drug-likeness (QED) is 0.361. The number of carbonyl (C=O) groups excluding carboxylic acids is 3. The minimum Gasteiger partial charge on any atom is -0.466 e. The minimum absolute atomic E-state index is 0.132. The molecule has 1 fully saturated rings. The molecule has 1 heterocycles.